The van der Waals surface area contributed by atoms with E-state index in [2.05, 4.69) is 15.9 Å². The van der Waals surface area contributed by atoms with Crippen molar-refractivity contribution in [2.45, 2.75) is 19.8 Å². The molecule has 0 N–H and O–H groups in total. The van der Waals surface area contributed by atoms with Crippen molar-refractivity contribution < 1.29 is 14.3 Å². The van der Waals surface area contributed by atoms with Gasteiger partial charge in [-0.1, -0.05) is 0 Å². The Bertz CT molecular complexity index is 425. The second-order valence-electron chi connectivity index (χ2n) is 4.33. The summed E-state index contributed by atoms with van der Waals surface area (Å²) in [6.07, 6.45) is 1.64. The van der Waals surface area contributed by atoms with Crippen molar-refractivity contribution in [3.8, 4) is 5.75 Å². The summed E-state index contributed by atoms with van der Waals surface area (Å²) in [4.78, 5) is 12.4. The number of carbonyl (C=O) groups is 1. The van der Waals surface area contributed by atoms with Gasteiger partial charge in [0.25, 0.3) is 0 Å². The molecule has 0 unspecified atom stereocenters. The molecule has 0 radical (unpaired) electrons. The molecule has 0 spiro atoms. The zero-order valence-electron chi connectivity index (χ0n) is 10.4. The first-order chi connectivity index (χ1) is 8.72. The number of hydrogen-bond acceptors (Lipinski definition) is 3. The van der Waals surface area contributed by atoms with Crippen LogP contribution in [0, 0.1) is 5.92 Å². The lowest BCUT2D eigenvalue weighted by atomic mass is 9.91. The molecule has 0 saturated carbocycles. The molecular formula is C14H17BrO3. The first-order valence-electron chi connectivity index (χ1n) is 6.26. The fraction of sp³-hybridized carbons (Fsp3) is 0.500. The Kier molecular flexibility index (Phi) is 4.78. The van der Waals surface area contributed by atoms with Gasteiger partial charge in [-0.2, -0.15) is 0 Å². The van der Waals surface area contributed by atoms with E-state index in [1.165, 1.54) is 0 Å². The van der Waals surface area contributed by atoms with Crippen LogP contribution < -0.4 is 4.74 Å². The minimum absolute atomic E-state index is 0.0907. The lowest BCUT2D eigenvalue weighted by Crippen LogP contribution is -2.23. The standard InChI is InChI=1S/C14H17BrO3/c1-2-18-11-3-4-12(13(15)9-11)14(16)10-5-7-17-8-6-10/h3-4,9-10H,2,5-8H2,1H3. The van der Waals surface area contributed by atoms with Gasteiger partial charge in [-0.3, -0.25) is 4.79 Å². The quantitative estimate of drug-likeness (QED) is 0.799. The van der Waals surface area contributed by atoms with Gasteiger partial charge >= 0.3 is 0 Å². The van der Waals surface area contributed by atoms with E-state index < -0.39 is 0 Å². The van der Waals surface area contributed by atoms with Gasteiger partial charge in [-0.05, 0) is 53.9 Å². The van der Waals surface area contributed by atoms with E-state index in [0.717, 1.165) is 28.6 Å². The normalized spacial score (nSPS) is 16.6. The van der Waals surface area contributed by atoms with Crippen molar-refractivity contribution in [3.05, 3.63) is 28.2 Å². The third-order valence-corrected chi connectivity index (χ3v) is 3.77. The highest BCUT2D eigenvalue weighted by Crippen LogP contribution is 2.28. The average molecular weight is 313 g/mol. The Morgan fingerprint density at radius 3 is 2.78 bits per heavy atom. The summed E-state index contributed by atoms with van der Waals surface area (Å²) in [7, 11) is 0. The Morgan fingerprint density at radius 2 is 2.17 bits per heavy atom. The summed E-state index contributed by atoms with van der Waals surface area (Å²) in [6.45, 7) is 3.94. The van der Waals surface area contributed by atoms with Crippen molar-refractivity contribution in [1.82, 2.24) is 0 Å². The van der Waals surface area contributed by atoms with Crippen LogP contribution in [0.25, 0.3) is 0 Å². The van der Waals surface area contributed by atoms with Crippen molar-refractivity contribution in [1.29, 1.82) is 0 Å². The highest BCUT2D eigenvalue weighted by atomic mass is 79.9. The van der Waals surface area contributed by atoms with Gasteiger partial charge in [0.15, 0.2) is 5.78 Å². The van der Waals surface area contributed by atoms with Gasteiger partial charge < -0.3 is 9.47 Å². The number of hydrogen-bond donors (Lipinski definition) is 0. The highest BCUT2D eigenvalue weighted by Gasteiger charge is 2.24. The van der Waals surface area contributed by atoms with E-state index in [1.54, 1.807) is 0 Å². The Labute approximate surface area is 116 Å². The SMILES string of the molecule is CCOc1ccc(C(=O)C2CCOCC2)c(Br)c1. The van der Waals surface area contributed by atoms with Gasteiger partial charge in [0.2, 0.25) is 0 Å². The van der Waals surface area contributed by atoms with Crippen LogP contribution in [-0.2, 0) is 4.74 Å². The molecule has 1 aliphatic heterocycles. The Balaban J connectivity index is 2.14. The summed E-state index contributed by atoms with van der Waals surface area (Å²) in [5, 5.41) is 0. The van der Waals surface area contributed by atoms with Gasteiger partial charge in [0.05, 0.1) is 6.61 Å². The molecule has 0 aromatic heterocycles. The third-order valence-electron chi connectivity index (χ3n) is 3.11. The number of ether oxygens (including phenoxy) is 2. The molecule has 0 amide bonds. The maximum Gasteiger partial charge on any atom is 0.167 e. The smallest absolute Gasteiger partial charge is 0.167 e. The van der Waals surface area contributed by atoms with Crippen molar-refractivity contribution in [3.63, 3.8) is 0 Å². The second kappa shape index (κ2) is 6.34. The molecule has 1 aromatic carbocycles. The molecule has 0 bridgehead atoms. The van der Waals surface area contributed by atoms with Gasteiger partial charge in [-0.15, -0.1) is 0 Å². The topological polar surface area (TPSA) is 35.5 Å². The van der Waals surface area contributed by atoms with Crippen molar-refractivity contribution in [2.75, 3.05) is 19.8 Å². The summed E-state index contributed by atoms with van der Waals surface area (Å²) >= 11 is 3.45. The van der Waals surface area contributed by atoms with Crippen molar-refractivity contribution >= 4 is 21.7 Å². The number of carbonyl (C=O) groups excluding carboxylic acids is 1. The first kappa shape index (κ1) is 13.6. The van der Waals surface area contributed by atoms with Crippen LogP contribution in [0.5, 0.6) is 5.75 Å². The van der Waals surface area contributed by atoms with Gasteiger partial charge in [0, 0.05) is 29.2 Å². The molecule has 1 saturated heterocycles. The molecule has 3 nitrogen and oxygen atoms in total. The van der Waals surface area contributed by atoms with E-state index in [0.29, 0.717) is 19.8 Å². The Morgan fingerprint density at radius 1 is 1.44 bits per heavy atom. The summed E-state index contributed by atoms with van der Waals surface area (Å²) in [6, 6.07) is 5.55. The van der Waals surface area contributed by atoms with Crippen LogP contribution in [-0.4, -0.2) is 25.6 Å². The van der Waals surface area contributed by atoms with Gasteiger partial charge in [-0.25, -0.2) is 0 Å². The third kappa shape index (κ3) is 3.12. The lowest BCUT2D eigenvalue weighted by Gasteiger charge is -2.21. The molecule has 2 rings (SSSR count). The molecule has 1 aliphatic rings. The van der Waals surface area contributed by atoms with E-state index in [-0.39, 0.29) is 11.7 Å². The van der Waals surface area contributed by atoms with Crippen LogP contribution in [0.15, 0.2) is 22.7 Å². The number of ketones is 1. The molecule has 0 atom stereocenters. The number of Topliss-reactive ketones (excluding diaryl/α,β-unsaturated/α-hetero) is 1. The Hall–Kier alpha value is -0.870. The minimum Gasteiger partial charge on any atom is -0.494 e. The maximum atomic E-state index is 12.4. The maximum absolute atomic E-state index is 12.4. The fourth-order valence-electron chi connectivity index (χ4n) is 2.13. The summed E-state index contributed by atoms with van der Waals surface area (Å²) < 4.78 is 11.5. The first-order valence-corrected chi connectivity index (χ1v) is 7.06. The van der Waals surface area contributed by atoms with Gasteiger partial charge in [0.1, 0.15) is 5.75 Å². The second-order valence-corrected chi connectivity index (χ2v) is 5.18. The molecule has 0 aliphatic carbocycles. The molecule has 98 valence electrons. The van der Waals surface area contributed by atoms with E-state index >= 15 is 0 Å². The minimum atomic E-state index is 0.0907. The largest absolute Gasteiger partial charge is 0.494 e. The number of benzene rings is 1. The average Bonchev–Trinajstić information content (AvgIpc) is 2.40. The number of halogens is 1. The predicted octanol–water partition coefficient (Wildman–Crippen LogP) is 3.46. The molecule has 4 heteroatoms. The summed E-state index contributed by atoms with van der Waals surface area (Å²) in [5.74, 6) is 1.08. The monoisotopic (exact) mass is 312 g/mol. The zero-order chi connectivity index (χ0) is 13.0. The van der Waals surface area contributed by atoms with Crippen LogP contribution in [0.3, 0.4) is 0 Å². The van der Waals surface area contributed by atoms with Crippen LogP contribution >= 0.6 is 15.9 Å². The predicted molar refractivity (Wildman–Crippen MR) is 73.2 cm³/mol. The molecule has 18 heavy (non-hydrogen) atoms. The molecular weight excluding hydrogens is 296 g/mol. The lowest BCUT2D eigenvalue weighted by molar-refractivity contribution is 0.0544. The highest BCUT2D eigenvalue weighted by molar-refractivity contribution is 9.10. The summed E-state index contributed by atoms with van der Waals surface area (Å²) in [5.41, 5.74) is 0.741. The van der Waals surface area contributed by atoms with Crippen LogP contribution in [0.1, 0.15) is 30.1 Å². The molecule has 1 fully saturated rings. The molecule has 1 aromatic rings. The van der Waals surface area contributed by atoms with E-state index in [9.17, 15) is 4.79 Å². The van der Waals surface area contributed by atoms with Crippen molar-refractivity contribution in [2.24, 2.45) is 5.92 Å². The fourth-order valence-corrected chi connectivity index (χ4v) is 2.68. The number of rotatable bonds is 4. The van der Waals surface area contributed by atoms with E-state index in [4.69, 9.17) is 9.47 Å². The zero-order valence-corrected chi connectivity index (χ0v) is 12.0. The molecule has 1 heterocycles. The van der Waals surface area contributed by atoms with Crippen LogP contribution in [0.4, 0.5) is 0 Å². The van der Waals surface area contributed by atoms with E-state index in [1.807, 2.05) is 25.1 Å². The van der Waals surface area contributed by atoms with Crippen LogP contribution in [0.2, 0.25) is 0 Å².